The van der Waals surface area contributed by atoms with Crippen LogP contribution in [-0.2, 0) is 15.1 Å². The van der Waals surface area contributed by atoms with Crippen molar-refractivity contribution in [1.82, 2.24) is 20.9 Å². The number of carbonyl (C=O) groups is 4. The van der Waals surface area contributed by atoms with Gasteiger partial charge in [0.1, 0.15) is 12.1 Å². The molecule has 0 spiro atoms. The normalized spacial score (nSPS) is 20.3. The first kappa shape index (κ1) is 16.9. The van der Waals surface area contributed by atoms with Crippen molar-refractivity contribution in [2.45, 2.75) is 25.8 Å². The Hall–Kier alpha value is -2.42. The maximum Gasteiger partial charge on any atom is 0.325 e. The second kappa shape index (κ2) is 6.78. The van der Waals surface area contributed by atoms with Crippen LogP contribution in [-0.4, -0.2) is 41.9 Å². The molecule has 1 saturated heterocycles. The van der Waals surface area contributed by atoms with E-state index >= 15 is 0 Å². The summed E-state index contributed by atoms with van der Waals surface area (Å²) in [5.74, 6) is -1.25. The number of urea groups is 2. The van der Waals surface area contributed by atoms with Gasteiger partial charge in [-0.2, -0.15) is 11.3 Å². The molecule has 0 aliphatic carbocycles. The molecule has 1 fully saturated rings. The molecule has 0 aromatic carbocycles. The van der Waals surface area contributed by atoms with E-state index in [9.17, 15) is 19.2 Å². The molecule has 1 aliphatic rings. The molecule has 2 rings (SSSR count). The minimum atomic E-state index is -1.19. The zero-order valence-electron chi connectivity index (χ0n) is 12.8. The van der Waals surface area contributed by atoms with Gasteiger partial charge in [-0.25, -0.2) is 9.59 Å². The zero-order chi connectivity index (χ0) is 17.0. The highest BCUT2D eigenvalue weighted by Gasteiger charge is 2.49. The molecule has 8 nitrogen and oxygen atoms in total. The number of hydrogen-bond acceptors (Lipinski definition) is 5. The lowest BCUT2D eigenvalue weighted by molar-refractivity contribution is -0.134. The van der Waals surface area contributed by atoms with Crippen molar-refractivity contribution >= 4 is 35.2 Å². The van der Waals surface area contributed by atoms with Gasteiger partial charge in [-0.05, 0) is 35.7 Å². The Morgan fingerprint density at radius 1 is 1.39 bits per heavy atom. The first-order chi connectivity index (χ1) is 10.9. The van der Waals surface area contributed by atoms with Crippen LogP contribution in [0.2, 0.25) is 0 Å². The van der Waals surface area contributed by atoms with Gasteiger partial charge < -0.3 is 10.6 Å². The molecule has 23 heavy (non-hydrogen) atoms. The minimum Gasteiger partial charge on any atom is -0.338 e. The van der Waals surface area contributed by atoms with Crippen LogP contribution in [0.15, 0.2) is 16.8 Å². The monoisotopic (exact) mass is 338 g/mol. The molecular formula is C14H18N4O4S. The van der Waals surface area contributed by atoms with Gasteiger partial charge in [0.25, 0.3) is 5.91 Å². The van der Waals surface area contributed by atoms with E-state index in [1.54, 1.807) is 23.8 Å². The van der Waals surface area contributed by atoms with Crippen molar-refractivity contribution in [2.24, 2.45) is 0 Å². The molecule has 2 heterocycles. The number of hydrogen-bond donors (Lipinski definition) is 3. The smallest absolute Gasteiger partial charge is 0.325 e. The highest BCUT2D eigenvalue weighted by molar-refractivity contribution is 7.08. The standard InChI is InChI=1S/C14H18N4O4S/c1-3-5-15-12(21)16-10(19)7-18-11(20)14(2,17-13(18)22)9-4-6-23-8-9/h4,6,8H,3,5,7H2,1-2H3,(H,17,22)(H2,15,16,19,21)/t14-/m0/s1. The minimum absolute atomic E-state index is 0.429. The molecular weight excluding hydrogens is 320 g/mol. The summed E-state index contributed by atoms with van der Waals surface area (Å²) < 4.78 is 0. The third kappa shape index (κ3) is 3.50. The van der Waals surface area contributed by atoms with Crippen molar-refractivity contribution < 1.29 is 19.2 Å². The molecule has 1 aromatic rings. The van der Waals surface area contributed by atoms with Gasteiger partial charge in [0.05, 0.1) is 0 Å². The van der Waals surface area contributed by atoms with E-state index < -0.39 is 36.0 Å². The molecule has 1 aromatic heterocycles. The van der Waals surface area contributed by atoms with Crippen molar-refractivity contribution in [3.63, 3.8) is 0 Å². The van der Waals surface area contributed by atoms with Crippen molar-refractivity contribution in [3.8, 4) is 0 Å². The largest absolute Gasteiger partial charge is 0.338 e. The van der Waals surface area contributed by atoms with Gasteiger partial charge in [-0.3, -0.25) is 19.8 Å². The number of nitrogens with one attached hydrogen (secondary N) is 3. The van der Waals surface area contributed by atoms with Gasteiger partial charge in [-0.15, -0.1) is 0 Å². The summed E-state index contributed by atoms with van der Waals surface area (Å²) in [7, 11) is 0. The highest BCUT2D eigenvalue weighted by atomic mass is 32.1. The molecule has 6 amide bonds. The van der Waals surface area contributed by atoms with E-state index in [-0.39, 0.29) is 0 Å². The highest BCUT2D eigenvalue weighted by Crippen LogP contribution is 2.29. The number of carbonyl (C=O) groups excluding carboxylic acids is 4. The Labute approximate surface area is 137 Å². The Kier molecular flexibility index (Phi) is 4.99. The van der Waals surface area contributed by atoms with Crippen LogP contribution in [0.25, 0.3) is 0 Å². The predicted molar refractivity (Wildman–Crippen MR) is 83.7 cm³/mol. The fourth-order valence-corrected chi connectivity index (χ4v) is 2.94. The summed E-state index contributed by atoms with van der Waals surface area (Å²) in [6.45, 7) is 3.38. The summed E-state index contributed by atoms with van der Waals surface area (Å²) in [6, 6.07) is 0.433. The van der Waals surface area contributed by atoms with Crippen LogP contribution < -0.4 is 16.0 Å². The molecule has 0 radical (unpaired) electrons. The van der Waals surface area contributed by atoms with Gasteiger partial charge >= 0.3 is 12.1 Å². The summed E-state index contributed by atoms with van der Waals surface area (Å²) in [5, 5.41) is 10.7. The van der Waals surface area contributed by atoms with Crippen LogP contribution in [0, 0.1) is 0 Å². The molecule has 1 aliphatic heterocycles. The molecule has 9 heteroatoms. The Balaban J connectivity index is 2.01. The SMILES string of the molecule is CCCNC(=O)NC(=O)CN1C(=O)N[C@@](C)(c2ccsc2)C1=O. The molecule has 1 atom stereocenters. The third-order valence-electron chi connectivity index (χ3n) is 3.46. The maximum absolute atomic E-state index is 12.5. The molecule has 0 bridgehead atoms. The zero-order valence-corrected chi connectivity index (χ0v) is 13.7. The van der Waals surface area contributed by atoms with Crippen LogP contribution >= 0.6 is 11.3 Å². The van der Waals surface area contributed by atoms with E-state index in [4.69, 9.17) is 0 Å². The summed E-state index contributed by atoms with van der Waals surface area (Å²) in [4.78, 5) is 48.5. The van der Waals surface area contributed by atoms with Gasteiger partial charge in [0.2, 0.25) is 5.91 Å². The molecule has 0 unspecified atom stereocenters. The lowest BCUT2D eigenvalue weighted by Crippen LogP contribution is -2.47. The number of imide groups is 2. The average molecular weight is 338 g/mol. The Bertz CT molecular complexity index is 631. The number of rotatable bonds is 5. The second-order valence-electron chi connectivity index (χ2n) is 5.26. The maximum atomic E-state index is 12.5. The first-order valence-electron chi connectivity index (χ1n) is 7.13. The van der Waals surface area contributed by atoms with Crippen LogP contribution in [0.3, 0.4) is 0 Å². The van der Waals surface area contributed by atoms with E-state index in [0.29, 0.717) is 12.1 Å². The molecule has 3 N–H and O–H groups in total. The fraction of sp³-hybridized carbons (Fsp3) is 0.429. The number of nitrogens with zero attached hydrogens (tertiary/aromatic N) is 1. The van der Waals surface area contributed by atoms with Gasteiger partial charge in [0, 0.05) is 6.54 Å². The van der Waals surface area contributed by atoms with E-state index in [0.717, 1.165) is 11.3 Å². The quantitative estimate of drug-likeness (QED) is 0.689. The van der Waals surface area contributed by atoms with E-state index in [1.807, 2.05) is 6.92 Å². The third-order valence-corrected chi connectivity index (χ3v) is 4.15. The second-order valence-corrected chi connectivity index (χ2v) is 6.04. The van der Waals surface area contributed by atoms with E-state index in [2.05, 4.69) is 16.0 Å². The molecule has 124 valence electrons. The van der Waals surface area contributed by atoms with Crippen molar-refractivity contribution in [1.29, 1.82) is 0 Å². The number of amides is 6. The number of thiophene rings is 1. The fourth-order valence-electron chi connectivity index (χ4n) is 2.18. The topological polar surface area (TPSA) is 108 Å². The van der Waals surface area contributed by atoms with Crippen LogP contribution in [0.1, 0.15) is 25.8 Å². The predicted octanol–water partition coefficient (Wildman–Crippen LogP) is 0.751. The lowest BCUT2D eigenvalue weighted by Gasteiger charge is -2.20. The summed E-state index contributed by atoms with van der Waals surface area (Å²) in [5.41, 5.74) is -0.536. The average Bonchev–Trinajstić information content (AvgIpc) is 3.10. The van der Waals surface area contributed by atoms with Crippen LogP contribution in [0.5, 0.6) is 0 Å². The van der Waals surface area contributed by atoms with Crippen LogP contribution in [0.4, 0.5) is 9.59 Å². The first-order valence-corrected chi connectivity index (χ1v) is 8.07. The summed E-state index contributed by atoms with van der Waals surface area (Å²) in [6.07, 6.45) is 0.730. The lowest BCUT2D eigenvalue weighted by atomic mass is 9.95. The van der Waals surface area contributed by atoms with Gasteiger partial charge in [0.15, 0.2) is 0 Å². The molecule has 0 saturated carbocycles. The van der Waals surface area contributed by atoms with Crippen molar-refractivity contribution in [2.75, 3.05) is 13.1 Å². The van der Waals surface area contributed by atoms with E-state index in [1.165, 1.54) is 11.3 Å². The Morgan fingerprint density at radius 2 is 2.13 bits per heavy atom. The van der Waals surface area contributed by atoms with Gasteiger partial charge in [-0.1, -0.05) is 6.92 Å². The summed E-state index contributed by atoms with van der Waals surface area (Å²) >= 11 is 1.41. The van der Waals surface area contributed by atoms with Crippen molar-refractivity contribution in [3.05, 3.63) is 22.4 Å². The Morgan fingerprint density at radius 3 is 2.74 bits per heavy atom.